The van der Waals surface area contributed by atoms with Crippen LogP contribution in [0.15, 0.2) is 30.5 Å². The summed E-state index contributed by atoms with van der Waals surface area (Å²) < 4.78 is 24.5. The maximum Gasteiger partial charge on any atom is 0.267 e. The van der Waals surface area contributed by atoms with Crippen LogP contribution in [0.25, 0.3) is 0 Å². The predicted octanol–water partition coefficient (Wildman–Crippen LogP) is 1.78. The van der Waals surface area contributed by atoms with Crippen LogP contribution in [0.3, 0.4) is 0 Å². The number of amides is 3. The van der Waals surface area contributed by atoms with Crippen molar-refractivity contribution >= 4 is 23.4 Å². The molecule has 32 heavy (non-hydrogen) atoms. The quantitative estimate of drug-likeness (QED) is 0.747. The first-order valence-electron chi connectivity index (χ1n) is 10.2. The highest BCUT2D eigenvalue weighted by Crippen LogP contribution is 2.65. The number of halogens is 1. The second-order valence-corrected chi connectivity index (χ2v) is 8.80. The zero-order valence-corrected chi connectivity index (χ0v) is 17.4. The average molecular weight is 440 g/mol. The highest BCUT2D eigenvalue weighted by Gasteiger charge is 2.69. The molecule has 2 aliphatic heterocycles. The van der Waals surface area contributed by atoms with Gasteiger partial charge in [-0.15, -0.1) is 0 Å². The minimum Gasteiger partial charge on any atom is -0.453 e. The van der Waals surface area contributed by atoms with Gasteiger partial charge in [0.15, 0.2) is 11.6 Å². The lowest BCUT2D eigenvalue weighted by Crippen LogP contribution is -2.47. The number of nitrogens with two attached hydrogens (primary N) is 1. The lowest BCUT2D eigenvalue weighted by atomic mass is 9.99. The summed E-state index contributed by atoms with van der Waals surface area (Å²) in [6.07, 6.45) is 1.37. The van der Waals surface area contributed by atoms with Crippen LogP contribution in [-0.4, -0.2) is 47.0 Å². The van der Waals surface area contributed by atoms with Gasteiger partial charge in [-0.3, -0.25) is 19.4 Å². The molecule has 9 nitrogen and oxygen atoms in total. The third kappa shape index (κ3) is 2.97. The first kappa shape index (κ1) is 20.2. The highest BCUT2D eigenvalue weighted by atomic mass is 19.1. The Labute approximate surface area is 182 Å². The number of ether oxygens (including phenoxy) is 2. The SMILES string of the molecule is CC1(C)[C@@H]2[C@@H](C(=O)Nc3ccnc(C(N)=O)c3)N(C(=O)c3ccc(F)c4c3OCO4)C[C@@H]21. The Bertz CT molecular complexity index is 1170. The molecule has 3 heterocycles. The number of nitrogens with one attached hydrogen (secondary N) is 1. The number of hydrogen-bond donors (Lipinski definition) is 2. The van der Waals surface area contributed by atoms with Crippen molar-refractivity contribution in [2.24, 2.45) is 23.0 Å². The molecule has 3 amide bonds. The third-order valence-electron chi connectivity index (χ3n) is 6.72. The molecule has 5 rings (SSSR count). The van der Waals surface area contributed by atoms with Gasteiger partial charge in [0.2, 0.25) is 18.4 Å². The summed E-state index contributed by atoms with van der Waals surface area (Å²) >= 11 is 0. The summed E-state index contributed by atoms with van der Waals surface area (Å²) in [5.41, 5.74) is 5.69. The van der Waals surface area contributed by atoms with Gasteiger partial charge in [-0.05, 0) is 41.5 Å². The van der Waals surface area contributed by atoms with E-state index in [1.54, 1.807) is 6.07 Å². The van der Waals surface area contributed by atoms with E-state index in [0.717, 1.165) is 6.07 Å². The van der Waals surface area contributed by atoms with Gasteiger partial charge in [-0.2, -0.15) is 0 Å². The number of likely N-dealkylation sites (tertiary alicyclic amines) is 1. The first-order valence-corrected chi connectivity index (χ1v) is 10.2. The lowest BCUT2D eigenvalue weighted by Gasteiger charge is -2.30. The number of nitrogens with zero attached hydrogens (tertiary/aromatic N) is 2. The Hall–Kier alpha value is -3.69. The Balaban J connectivity index is 1.44. The van der Waals surface area contributed by atoms with Gasteiger partial charge < -0.3 is 25.4 Å². The van der Waals surface area contributed by atoms with Gasteiger partial charge in [-0.1, -0.05) is 13.8 Å². The highest BCUT2D eigenvalue weighted by molar-refractivity contribution is 6.04. The molecule has 2 fully saturated rings. The number of piperidine rings is 1. The van der Waals surface area contributed by atoms with E-state index in [0.29, 0.717) is 12.2 Å². The van der Waals surface area contributed by atoms with Crippen LogP contribution in [0, 0.1) is 23.1 Å². The molecular weight excluding hydrogens is 419 g/mol. The standard InChI is InChI=1S/C22H21FN4O5/c1-22(2)12-8-27(21(30)11-3-4-13(23)18-17(11)31-9-32-18)16(15(12)22)20(29)26-10-5-6-25-14(7-10)19(24)28/h3-7,12,15-16H,8-9H2,1-2H3,(H2,24,28)(H,25,26,29)/t12-,15-,16-/m0/s1. The van der Waals surface area contributed by atoms with E-state index >= 15 is 0 Å². The minimum atomic E-state index is -0.740. The Morgan fingerprint density at radius 2 is 1.97 bits per heavy atom. The molecule has 0 spiro atoms. The molecule has 2 aromatic rings. The summed E-state index contributed by atoms with van der Waals surface area (Å²) in [7, 11) is 0. The number of hydrogen-bond acceptors (Lipinski definition) is 6. The van der Waals surface area contributed by atoms with E-state index < -0.39 is 23.7 Å². The largest absolute Gasteiger partial charge is 0.453 e. The van der Waals surface area contributed by atoms with Crippen LogP contribution in [0.1, 0.15) is 34.7 Å². The molecule has 0 unspecified atom stereocenters. The summed E-state index contributed by atoms with van der Waals surface area (Å²) in [5, 5.41) is 2.78. The molecule has 166 valence electrons. The summed E-state index contributed by atoms with van der Waals surface area (Å²) in [4.78, 5) is 43.5. The van der Waals surface area contributed by atoms with Crippen molar-refractivity contribution in [2.45, 2.75) is 19.9 Å². The van der Waals surface area contributed by atoms with Crippen molar-refractivity contribution in [1.82, 2.24) is 9.88 Å². The fraction of sp³-hybridized carbons (Fsp3) is 0.364. The Morgan fingerprint density at radius 3 is 2.72 bits per heavy atom. The number of rotatable bonds is 4. The van der Waals surface area contributed by atoms with Crippen LogP contribution in [-0.2, 0) is 4.79 Å². The van der Waals surface area contributed by atoms with E-state index in [1.807, 2.05) is 0 Å². The molecule has 3 atom stereocenters. The molecule has 3 N–H and O–H groups in total. The molecule has 1 aliphatic carbocycles. The number of benzene rings is 1. The number of carbonyl (C=O) groups excluding carboxylic acids is 3. The first-order chi connectivity index (χ1) is 15.2. The van der Waals surface area contributed by atoms with Crippen LogP contribution >= 0.6 is 0 Å². The van der Waals surface area contributed by atoms with Crippen molar-refractivity contribution in [2.75, 3.05) is 18.7 Å². The number of anilines is 1. The third-order valence-corrected chi connectivity index (χ3v) is 6.72. The van der Waals surface area contributed by atoms with E-state index in [2.05, 4.69) is 24.1 Å². The van der Waals surface area contributed by atoms with Crippen molar-refractivity contribution in [1.29, 1.82) is 0 Å². The van der Waals surface area contributed by atoms with Crippen molar-refractivity contribution in [3.63, 3.8) is 0 Å². The smallest absolute Gasteiger partial charge is 0.267 e. The summed E-state index contributed by atoms with van der Waals surface area (Å²) in [6.45, 7) is 4.34. The number of fused-ring (bicyclic) bond motifs is 2. The number of pyridine rings is 1. The second-order valence-electron chi connectivity index (χ2n) is 8.80. The van der Waals surface area contributed by atoms with E-state index in [-0.39, 0.29) is 52.7 Å². The molecule has 1 saturated heterocycles. The maximum absolute atomic E-state index is 14.0. The predicted molar refractivity (Wildman–Crippen MR) is 109 cm³/mol. The number of carbonyl (C=O) groups is 3. The summed E-state index contributed by atoms with van der Waals surface area (Å²) in [6, 6.07) is 4.68. The Morgan fingerprint density at radius 1 is 1.22 bits per heavy atom. The maximum atomic E-state index is 14.0. The van der Waals surface area contributed by atoms with Crippen LogP contribution in [0.2, 0.25) is 0 Å². The zero-order valence-electron chi connectivity index (χ0n) is 17.4. The molecule has 10 heteroatoms. The normalized spacial score (nSPS) is 24.1. The molecule has 0 radical (unpaired) electrons. The molecule has 1 aromatic carbocycles. The van der Waals surface area contributed by atoms with Crippen LogP contribution in [0.5, 0.6) is 11.5 Å². The number of primary amides is 1. The van der Waals surface area contributed by atoms with E-state index in [4.69, 9.17) is 15.2 Å². The van der Waals surface area contributed by atoms with Crippen molar-refractivity contribution < 1.29 is 28.2 Å². The fourth-order valence-electron chi connectivity index (χ4n) is 4.94. The lowest BCUT2D eigenvalue weighted by molar-refractivity contribution is -0.120. The van der Waals surface area contributed by atoms with Gasteiger partial charge in [0.25, 0.3) is 11.8 Å². The molecule has 3 aliphatic rings. The molecule has 1 aromatic heterocycles. The van der Waals surface area contributed by atoms with Crippen LogP contribution < -0.4 is 20.5 Å². The van der Waals surface area contributed by atoms with Gasteiger partial charge >= 0.3 is 0 Å². The van der Waals surface area contributed by atoms with Gasteiger partial charge in [0.1, 0.15) is 11.7 Å². The molecular formula is C22H21FN4O5. The Kier molecular flexibility index (Phi) is 4.37. The number of aromatic nitrogens is 1. The zero-order chi connectivity index (χ0) is 22.8. The summed E-state index contributed by atoms with van der Waals surface area (Å²) in [5.74, 6) is -2.06. The van der Waals surface area contributed by atoms with E-state index in [1.165, 1.54) is 23.2 Å². The monoisotopic (exact) mass is 440 g/mol. The van der Waals surface area contributed by atoms with Gasteiger partial charge in [0, 0.05) is 18.4 Å². The minimum absolute atomic E-state index is 0.0193. The molecule has 1 saturated carbocycles. The van der Waals surface area contributed by atoms with Crippen LogP contribution in [0.4, 0.5) is 10.1 Å². The van der Waals surface area contributed by atoms with E-state index in [9.17, 15) is 18.8 Å². The van der Waals surface area contributed by atoms with Crippen molar-refractivity contribution in [3.05, 3.63) is 47.5 Å². The van der Waals surface area contributed by atoms with Gasteiger partial charge in [0.05, 0.1) is 5.56 Å². The van der Waals surface area contributed by atoms with Gasteiger partial charge in [-0.25, -0.2) is 4.39 Å². The molecule has 0 bridgehead atoms. The fourth-order valence-corrected chi connectivity index (χ4v) is 4.94. The topological polar surface area (TPSA) is 124 Å². The second kappa shape index (κ2) is 6.91. The van der Waals surface area contributed by atoms with Crippen molar-refractivity contribution in [3.8, 4) is 11.5 Å². The average Bonchev–Trinajstić information content (AvgIpc) is 3.19.